The standard InChI is InChI=1S/C21H22N4O3S/c22-18-17-15-3-1-2-4-16(15)20(24-9-11-28-12-10-24)23-21(17)29-19(18)13-5-7-14(8-6-13)25(26)27/h5-8H,1-4,9-12,22H2/p+1. The quantitative estimate of drug-likeness (QED) is 0.525. The van der Waals surface area contributed by atoms with Crippen LogP contribution in [0.4, 0.5) is 17.2 Å². The van der Waals surface area contributed by atoms with E-state index in [-0.39, 0.29) is 10.6 Å². The highest BCUT2D eigenvalue weighted by Gasteiger charge is 2.30. The summed E-state index contributed by atoms with van der Waals surface area (Å²) in [4.78, 5) is 18.7. The average Bonchev–Trinajstić information content (AvgIpc) is 3.10. The van der Waals surface area contributed by atoms with Crippen LogP contribution in [-0.4, -0.2) is 31.2 Å². The number of pyridine rings is 1. The van der Waals surface area contributed by atoms with Crippen LogP contribution in [0.2, 0.25) is 0 Å². The number of hydrogen-bond acceptors (Lipinski definition) is 6. The number of ether oxygens (including phenoxy) is 1. The number of H-pyrrole nitrogens is 1. The van der Waals surface area contributed by atoms with E-state index in [9.17, 15) is 10.1 Å². The first-order valence-electron chi connectivity index (χ1n) is 10.00. The summed E-state index contributed by atoms with van der Waals surface area (Å²) in [5.74, 6) is 1.21. The van der Waals surface area contributed by atoms with Crippen LogP contribution in [0.25, 0.3) is 20.7 Å². The number of nitrogen functional groups attached to an aromatic ring is 1. The van der Waals surface area contributed by atoms with Crippen molar-refractivity contribution in [2.75, 3.05) is 36.9 Å². The number of fused-ring (bicyclic) bond motifs is 3. The molecule has 0 radical (unpaired) electrons. The molecule has 150 valence electrons. The molecule has 1 aromatic carbocycles. The number of hydrogen-bond donors (Lipinski definition) is 1. The molecule has 0 saturated carbocycles. The summed E-state index contributed by atoms with van der Waals surface area (Å²) < 4.78 is 5.54. The molecular weight excluding hydrogens is 388 g/mol. The van der Waals surface area contributed by atoms with Crippen molar-refractivity contribution >= 4 is 38.7 Å². The second-order valence-electron chi connectivity index (χ2n) is 7.59. The summed E-state index contributed by atoms with van der Waals surface area (Å²) >= 11 is 1.63. The molecular formula is C21H23N4O3S+. The van der Waals surface area contributed by atoms with Gasteiger partial charge >= 0.3 is 0 Å². The Morgan fingerprint density at radius 3 is 2.48 bits per heavy atom. The summed E-state index contributed by atoms with van der Waals surface area (Å²) in [5, 5.41) is 12.1. The molecule has 3 heterocycles. The number of rotatable bonds is 3. The third-order valence-corrected chi connectivity index (χ3v) is 7.07. The summed E-state index contributed by atoms with van der Waals surface area (Å²) in [5.41, 5.74) is 11.2. The first-order valence-corrected chi connectivity index (χ1v) is 10.8. The molecule has 0 amide bonds. The minimum Gasteiger partial charge on any atom is -0.397 e. The Balaban J connectivity index is 1.66. The molecule has 7 nitrogen and oxygen atoms in total. The third-order valence-electron chi connectivity index (χ3n) is 5.90. The van der Waals surface area contributed by atoms with Crippen molar-refractivity contribution in [1.82, 2.24) is 0 Å². The number of benzene rings is 1. The van der Waals surface area contributed by atoms with Crippen LogP contribution >= 0.6 is 11.3 Å². The number of morpholine rings is 1. The summed E-state index contributed by atoms with van der Waals surface area (Å²) in [7, 11) is 0. The number of thiophene rings is 1. The van der Waals surface area contributed by atoms with Crippen molar-refractivity contribution in [2.24, 2.45) is 0 Å². The van der Waals surface area contributed by atoms with Gasteiger partial charge in [0.2, 0.25) is 0 Å². The molecule has 1 fully saturated rings. The van der Waals surface area contributed by atoms with Crippen LogP contribution < -0.4 is 15.6 Å². The second-order valence-corrected chi connectivity index (χ2v) is 8.61. The SMILES string of the molecule is Nc1c(-c2ccc([N+](=O)[O-])cc2)sc2[nH+]c(N3CCOCC3)c3c(c12)CCCC3. The molecule has 0 spiro atoms. The number of nitrogens with one attached hydrogen (secondary N) is 1. The van der Waals surface area contributed by atoms with Crippen molar-refractivity contribution in [3.63, 3.8) is 0 Å². The predicted octanol–water partition coefficient (Wildman–Crippen LogP) is 3.59. The van der Waals surface area contributed by atoms with Gasteiger partial charge in [-0.25, -0.2) is 4.98 Å². The van der Waals surface area contributed by atoms with Gasteiger partial charge < -0.3 is 10.5 Å². The molecule has 1 saturated heterocycles. The number of nitro benzene ring substituents is 1. The lowest BCUT2D eigenvalue weighted by atomic mass is 9.89. The van der Waals surface area contributed by atoms with Gasteiger partial charge in [-0.2, -0.15) is 0 Å². The molecule has 1 aliphatic heterocycles. The van der Waals surface area contributed by atoms with Crippen LogP contribution in [0.5, 0.6) is 0 Å². The van der Waals surface area contributed by atoms with Crippen LogP contribution in [0, 0.1) is 10.1 Å². The Morgan fingerprint density at radius 2 is 1.79 bits per heavy atom. The van der Waals surface area contributed by atoms with E-state index in [4.69, 9.17) is 10.5 Å². The van der Waals surface area contributed by atoms with E-state index >= 15 is 0 Å². The summed E-state index contributed by atoms with van der Waals surface area (Å²) in [6.45, 7) is 3.29. The monoisotopic (exact) mass is 411 g/mol. The maximum atomic E-state index is 11.0. The Bertz CT molecular complexity index is 1090. The molecule has 3 aromatic rings. The second kappa shape index (κ2) is 7.27. The Morgan fingerprint density at radius 1 is 1.10 bits per heavy atom. The topological polar surface area (TPSA) is 95.8 Å². The Labute approximate surface area is 172 Å². The molecule has 2 aromatic heterocycles. The highest BCUT2D eigenvalue weighted by atomic mass is 32.1. The fraction of sp³-hybridized carbons (Fsp3) is 0.381. The van der Waals surface area contributed by atoms with Gasteiger partial charge in [-0.1, -0.05) is 11.3 Å². The highest BCUT2D eigenvalue weighted by Crippen LogP contribution is 2.44. The number of nitrogens with zero attached hydrogens (tertiary/aromatic N) is 2. The van der Waals surface area contributed by atoms with Crippen molar-refractivity contribution in [3.05, 3.63) is 45.5 Å². The predicted molar refractivity (Wildman–Crippen MR) is 115 cm³/mol. The van der Waals surface area contributed by atoms with Gasteiger partial charge in [0.1, 0.15) is 13.1 Å². The lowest BCUT2D eigenvalue weighted by molar-refractivity contribution is -0.384. The number of non-ortho nitro benzene ring substituents is 1. The molecule has 8 heteroatoms. The lowest BCUT2D eigenvalue weighted by Crippen LogP contribution is -2.40. The molecule has 0 unspecified atom stereocenters. The normalized spacial score (nSPS) is 16.8. The summed E-state index contributed by atoms with van der Waals surface area (Å²) in [6, 6.07) is 6.65. The van der Waals surface area contributed by atoms with Crippen LogP contribution in [0.15, 0.2) is 24.3 Å². The fourth-order valence-corrected chi connectivity index (χ4v) is 5.62. The molecule has 3 N–H and O–H groups in total. The number of aromatic nitrogens is 1. The van der Waals surface area contributed by atoms with Gasteiger partial charge in [-0.15, -0.1) is 0 Å². The van der Waals surface area contributed by atoms with E-state index in [0.717, 1.165) is 65.5 Å². The minimum atomic E-state index is -0.378. The van der Waals surface area contributed by atoms with E-state index < -0.39 is 0 Å². The van der Waals surface area contributed by atoms with E-state index in [0.29, 0.717) is 0 Å². The maximum absolute atomic E-state index is 11.0. The first-order chi connectivity index (χ1) is 14.1. The molecule has 1 aliphatic carbocycles. The maximum Gasteiger partial charge on any atom is 0.279 e. The van der Waals surface area contributed by atoms with Gasteiger partial charge in [-0.05, 0) is 48.9 Å². The van der Waals surface area contributed by atoms with Crippen molar-refractivity contribution < 1.29 is 14.6 Å². The van der Waals surface area contributed by atoms with E-state index in [1.54, 1.807) is 23.5 Å². The number of nitro groups is 1. The van der Waals surface area contributed by atoms with E-state index in [2.05, 4.69) is 9.88 Å². The number of nitrogens with two attached hydrogens (primary N) is 1. The molecule has 2 aliphatic rings. The van der Waals surface area contributed by atoms with Crippen LogP contribution in [0.3, 0.4) is 0 Å². The lowest BCUT2D eigenvalue weighted by Gasteiger charge is -2.26. The zero-order valence-electron chi connectivity index (χ0n) is 16.1. The van der Waals surface area contributed by atoms with Crippen LogP contribution in [-0.2, 0) is 17.6 Å². The summed E-state index contributed by atoms with van der Waals surface area (Å²) in [6.07, 6.45) is 4.48. The molecule has 0 bridgehead atoms. The van der Waals surface area contributed by atoms with Gasteiger partial charge in [0, 0.05) is 17.7 Å². The molecule has 0 atom stereocenters. The molecule has 5 rings (SSSR count). The van der Waals surface area contributed by atoms with Gasteiger partial charge in [0.25, 0.3) is 11.5 Å². The van der Waals surface area contributed by atoms with Gasteiger partial charge in [0.15, 0.2) is 4.83 Å². The first kappa shape index (κ1) is 18.3. The van der Waals surface area contributed by atoms with Crippen molar-refractivity contribution in [2.45, 2.75) is 25.7 Å². The Kier molecular flexibility index (Phi) is 4.60. The van der Waals surface area contributed by atoms with Gasteiger partial charge in [0.05, 0.1) is 34.1 Å². The smallest absolute Gasteiger partial charge is 0.279 e. The van der Waals surface area contributed by atoms with Crippen molar-refractivity contribution in [1.29, 1.82) is 0 Å². The van der Waals surface area contributed by atoms with Crippen molar-refractivity contribution in [3.8, 4) is 10.4 Å². The Hall–Kier alpha value is -2.71. The number of aromatic amines is 1. The zero-order valence-corrected chi connectivity index (χ0v) is 16.9. The fourth-order valence-electron chi connectivity index (χ4n) is 4.46. The zero-order chi connectivity index (χ0) is 20.0. The average molecular weight is 412 g/mol. The number of aryl methyl sites for hydroxylation is 1. The van der Waals surface area contributed by atoms with Crippen LogP contribution in [0.1, 0.15) is 24.0 Å². The number of anilines is 2. The van der Waals surface area contributed by atoms with Gasteiger partial charge in [-0.3, -0.25) is 15.0 Å². The largest absolute Gasteiger partial charge is 0.397 e. The van der Waals surface area contributed by atoms with E-state index in [1.165, 1.54) is 41.9 Å². The highest BCUT2D eigenvalue weighted by molar-refractivity contribution is 7.22. The van der Waals surface area contributed by atoms with E-state index in [1.807, 2.05) is 0 Å². The minimum absolute atomic E-state index is 0.0898. The molecule has 29 heavy (non-hydrogen) atoms. The third kappa shape index (κ3) is 3.12.